The van der Waals surface area contributed by atoms with Gasteiger partial charge in [0.25, 0.3) is 0 Å². The van der Waals surface area contributed by atoms with Crippen molar-refractivity contribution in [3.05, 3.63) is 35.0 Å². The van der Waals surface area contributed by atoms with E-state index in [9.17, 15) is 0 Å². The van der Waals surface area contributed by atoms with Gasteiger partial charge in [0.05, 0.1) is 0 Å². The highest BCUT2D eigenvalue weighted by Crippen LogP contribution is 2.25. The number of aromatic nitrogens is 1. The number of nitrogens with two attached hydrogens (primary N) is 1. The minimum Gasteiger partial charge on any atom is -0.370 e. The van der Waals surface area contributed by atoms with Gasteiger partial charge in [0.2, 0.25) is 0 Å². The molecule has 2 N–H and O–H groups in total. The number of aryl methyl sites for hydroxylation is 1. The van der Waals surface area contributed by atoms with E-state index in [0.717, 1.165) is 17.0 Å². The third-order valence-electron chi connectivity index (χ3n) is 4.15. The summed E-state index contributed by atoms with van der Waals surface area (Å²) in [5, 5.41) is 2.01. The zero-order chi connectivity index (χ0) is 15.0. The highest BCUT2D eigenvalue weighted by molar-refractivity contribution is 6.31. The number of aliphatic imine (C=N–C) groups is 1. The van der Waals surface area contributed by atoms with Crippen molar-refractivity contribution in [3.63, 3.8) is 0 Å². The molecule has 0 radical (unpaired) electrons. The molecule has 1 fully saturated rings. The Hall–Kier alpha value is -1.68. The van der Waals surface area contributed by atoms with E-state index in [4.69, 9.17) is 17.3 Å². The molecule has 0 amide bonds. The lowest BCUT2D eigenvalue weighted by Gasteiger charge is -2.16. The molecule has 0 aliphatic heterocycles. The molecule has 0 unspecified atom stereocenters. The van der Waals surface area contributed by atoms with Gasteiger partial charge in [0.1, 0.15) is 0 Å². The van der Waals surface area contributed by atoms with E-state index in [-0.39, 0.29) is 0 Å². The van der Waals surface area contributed by atoms with Crippen LogP contribution in [0.25, 0.3) is 10.9 Å². The van der Waals surface area contributed by atoms with E-state index in [0.29, 0.717) is 18.5 Å². The summed E-state index contributed by atoms with van der Waals surface area (Å²) in [5.41, 5.74) is 8.46. The maximum Gasteiger partial charge on any atom is 0.191 e. The van der Waals surface area contributed by atoms with Crippen LogP contribution in [0.15, 0.2) is 29.4 Å². The summed E-state index contributed by atoms with van der Waals surface area (Å²) >= 11 is 6.06. The van der Waals surface area contributed by atoms with E-state index in [2.05, 4.69) is 26.7 Å². The number of halogens is 1. The molecule has 21 heavy (non-hydrogen) atoms. The van der Waals surface area contributed by atoms with Crippen molar-refractivity contribution in [2.45, 2.75) is 25.3 Å². The van der Waals surface area contributed by atoms with E-state index < -0.39 is 0 Å². The quantitative estimate of drug-likeness (QED) is 0.697. The van der Waals surface area contributed by atoms with Crippen LogP contribution < -0.4 is 5.73 Å². The van der Waals surface area contributed by atoms with Crippen LogP contribution in [0.1, 0.15) is 18.4 Å². The molecular formula is C16H21ClN4. The van der Waals surface area contributed by atoms with Gasteiger partial charge in [-0.15, -0.1) is 0 Å². The van der Waals surface area contributed by atoms with Crippen LogP contribution in [0.3, 0.4) is 0 Å². The lowest BCUT2D eigenvalue weighted by atomic mass is 10.1. The predicted octanol–water partition coefficient (Wildman–Crippen LogP) is 2.78. The van der Waals surface area contributed by atoms with Gasteiger partial charge in [0, 0.05) is 48.8 Å². The molecule has 1 saturated carbocycles. The molecule has 0 bridgehead atoms. The van der Waals surface area contributed by atoms with Crippen molar-refractivity contribution < 1.29 is 0 Å². The number of benzene rings is 1. The number of hydrogen-bond acceptors (Lipinski definition) is 1. The Labute approximate surface area is 130 Å². The maximum absolute atomic E-state index is 6.06. The summed E-state index contributed by atoms with van der Waals surface area (Å²) in [6, 6.07) is 6.62. The molecule has 0 atom stereocenters. The van der Waals surface area contributed by atoms with Crippen LogP contribution in [0, 0.1) is 0 Å². The molecule has 1 heterocycles. The molecular weight excluding hydrogens is 284 g/mol. The molecule has 4 nitrogen and oxygen atoms in total. The fraction of sp³-hybridized carbons (Fsp3) is 0.438. The number of hydrogen-bond donors (Lipinski definition) is 1. The van der Waals surface area contributed by atoms with Gasteiger partial charge < -0.3 is 15.2 Å². The van der Waals surface area contributed by atoms with Gasteiger partial charge in [-0.1, -0.05) is 17.7 Å². The van der Waals surface area contributed by atoms with Crippen molar-refractivity contribution in [2.24, 2.45) is 17.8 Å². The Kier molecular flexibility index (Phi) is 3.81. The first-order valence-electron chi connectivity index (χ1n) is 7.32. The molecule has 1 aliphatic carbocycles. The average molecular weight is 305 g/mol. The Morgan fingerprint density at radius 3 is 2.95 bits per heavy atom. The third kappa shape index (κ3) is 3.00. The minimum atomic E-state index is 0.605. The molecule has 2 aromatic rings. The number of rotatable bonds is 4. The summed E-state index contributed by atoms with van der Waals surface area (Å²) in [6.45, 7) is 0.713. The van der Waals surface area contributed by atoms with Crippen molar-refractivity contribution in [3.8, 4) is 0 Å². The molecule has 112 valence electrons. The van der Waals surface area contributed by atoms with Gasteiger partial charge >= 0.3 is 0 Å². The van der Waals surface area contributed by atoms with Crippen molar-refractivity contribution in [2.75, 3.05) is 13.6 Å². The topological polar surface area (TPSA) is 46.5 Å². The Morgan fingerprint density at radius 2 is 2.24 bits per heavy atom. The highest BCUT2D eigenvalue weighted by atomic mass is 35.5. The third-order valence-corrected chi connectivity index (χ3v) is 4.38. The molecule has 0 saturated heterocycles. The summed E-state index contributed by atoms with van der Waals surface area (Å²) in [7, 11) is 4.07. The first kappa shape index (κ1) is 14.3. The number of fused-ring (bicyclic) bond motifs is 1. The summed E-state index contributed by atoms with van der Waals surface area (Å²) in [6.07, 6.45) is 5.50. The lowest BCUT2D eigenvalue weighted by Crippen LogP contribution is -2.35. The van der Waals surface area contributed by atoms with Crippen molar-refractivity contribution >= 4 is 28.5 Å². The first-order chi connectivity index (χ1) is 10.1. The Balaban J connectivity index is 1.72. The number of nitrogens with zero attached hydrogens (tertiary/aromatic N) is 3. The van der Waals surface area contributed by atoms with Crippen LogP contribution >= 0.6 is 11.6 Å². The van der Waals surface area contributed by atoms with E-state index >= 15 is 0 Å². The summed E-state index contributed by atoms with van der Waals surface area (Å²) < 4.78 is 2.11. The largest absolute Gasteiger partial charge is 0.370 e. The zero-order valence-electron chi connectivity index (χ0n) is 12.5. The fourth-order valence-electron chi connectivity index (χ4n) is 2.69. The minimum absolute atomic E-state index is 0.605. The molecule has 0 spiro atoms. The second kappa shape index (κ2) is 5.60. The Morgan fingerprint density at radius 1 is 1.48 bits per heavy atom. The smallest absolute Gasteiger partial charge is 0.191 e. The van der Waals surface area contributed by atoms with Crippen LogP contribution in [-0.2, 0) is 13.5 Å². The predicted molar refractivity (Wildman–Crippen MR) is 88.9 cm³/mol. The van der Waals surface area contributed by atoms with Gasteiger partial charge in [-0.05, 0) is 37.0 Å². The van der Waals surface area contributed by atoms with E-state index in [1.807, 2.05) is 26.2 Å². The van der Waals surface area contributed by atoms with Crippen molar-refractivity contribution in [1.82, 2.24) is 9.47 Å². The SMILES string of the molecule is CN(C(N)=NCCc1cn(C)c2cc(Cl)ccc12)C1CC1. The molecule has 5 heteroatoms. The number of guanidine groups is 1. The zero-order valence-corrected chi connectivity index (χ0v) is 13.3. The molecule has 3 rings (SSSR count). The summed E-state index contributed by atoms with van der Waals surface area (Å²) in [4.78, 5) is 6.59. The monoisotopic (exact) mass is 304 g/mol. The van der Waals surface area contributed by atoms with Crippen LogP contribution in [0.4, 0.5) is 0 Å². The molecule has 1 aromatic carbocycles. The second-order valence-corrected chi connectivity index (χ2v) is 6.20. The van der Waals surface area contributed by atoms with Gasteiger partial charge in [-0.25, -0.2) is 0 Å². The average Bonchev–Trinajstić information content (AvgIpc) is 3.25. The normalized spacial score (nSPS) is 15.7. The van der Waals surface area contributed by atoms with Crippen molar-refractivity contribution in [1.29, 1.82) is 0 Å². The second-order valence-electron chi connectivity index (χ2n) is 5.76. The van der Waals surface area contributed by atoms with Crippen LogP contribution in [0.2, 0.25) is 5.02 Å². The lowest BCUT2D eigenvalue weighted by molar-refractivity contribution is 0.487. The standard InChI is InChI=1S/C16H21ClN4/c1-20-10-11(14-6-3-12(17)9-15(14)20)7-8-19-16(18)21(2)13-4-5-13/h3,6,9-10,13H,4-5,7-8H2,1-2H3,(H2,18,19). The fourth-order valence-corrected chi connectivity index (χ4v) is 2.86. The van der Waals surface area contributed by atoms with Gasteiger partial charge in [-0.2, -0.15) is 0 Å². The van der Waals surface area contributed by atoms with Gasteiger partial charge in [0.15, 0.2) is 5.96 Å². The van der Waals surface area contributed by atoms with Crippen LogP contribution in [0.5, 0.6) is 0 Å². The van der Waals surface area contributed by atoms with Crippen LogP contribution in [-0.4, -0.2) is 35.1 Å². The highest BCUT2D eigenvalue weighted by Gasteiger charge is 2.27. The maximum atomic E-state index is 6.06. The van der Waals surface area contributed by atoms with Gasteiger partial charge in [-0.3, -0.25) is 4.99 Å². The van der Waals surface area contributed by atoms with E-state index in [1.54, 1.807) is 0 Å². The first-order valence-corrected chi connectivity index (χ1v) is 7.70. The molecule has 1 aromatic heterocycles. The van der Waals surface area contributed by atoms with E-state index in [1.165, 1.54) is 23.8 Å². The Bertz CT molecular complexity index is 685. The summed E-state index contributed by atoms with van der Waals surface area (Å²) in [5.74, 6) is 0.654. The molecule has 1 aliphatic rings.